The number of aromatic nitrogens is 2. The van der Waals surface area contributed by atoms with Gasteiger partial charge >= 0.3 is 5.97 Å². The number of imidazole rings is 1. The molecule has 0 atom stereocenters. The summed E-state index contributed by atoms with van der Waals surface area (Å²) in [5.74, 6) is -1.11. The van der Waals surface area contributed by atoms with Gasteiger partial charge in [-0.2, -0.15) is 4.31 Å². The van der Waals surface area contributed by atoms with E-state index in [4.69, 9.17) is 5.11 Å². The molecule has 1 aliphatic heterocycles. The first-order valence-corrected chi connectivity index (χ1v) is 6.81. The molecule has 0 saturated carbocycles. The minimum atomic E-state index is -3.29. The maximum absolute atomic E-state index is 11.7. The molecule has 0 amide bonds. The highest BCUT2D eigenvalue weighted by atomic mass is 32.2. The van der Waals surface area contributed by atoms with Gasteiger partial charge in [-0.05, 0) is 6.92 Å². The Labute approximate surface area is 98.7 Å². The summed E-state index contributed by atoms with van der Waals surface area (Å²) < 4.78 is 26.4. The Bertz CT molecular complexity index is 549. The van der Waals surface area contributed by atoms with Gasteiger partial charge in [-0.1, -0.05) is 0 Å². The van der Waals surface area contributed by atoms with Crippen molar-refractivity contribution in [1.29, 1.82) is 0 Å². The number of aromatic carboxylic acids is 1. The lowest BCUT2D eigenvalue weighted by atomic mass is 10.3. The average Bonchev–Trinajstić information content (AvgIpc) is 2.71. The quantitative estimate of drug-likeness (QED) is 0.807. The molecule has 0 aromatic carbocycles. The summed E-state index contributed by atoms with van der Waals surface area (Å²) in [7, 11) is -3.29. The van der Waals surface area contributed by atoms with Gasteiger partial charge in [-0.15, -0.1) is 0 Å². The van der Waals surface area contributed by atoms with Crippen molar-refractivity contribution in [3.8, 4) is 0 Å². The van der Waals surface area contributed by atoms with Crippen LogP contribution < -0.4 is 0 Å². The van der Waals surface area contributed by atoms with Crippen LogP contribution >= 0.6 is 0 Å². The van der Waals surface area contributed by atoms with E-state index in [1.54, 1.807) is 11.5 Å². The highest BCUT2D eigenvalue weighted by Gasteiger charge is 2.29. The number of carbonyl (C=O) groups is 1. The third kappa shape index (κ3) is 2.05. The highest BCUT2D eigenvalue weighted by Crippen LogP contribution is 2.18. The summed E-state index contributed by atoms with van der Waals surface area (Å²) in [5, 5.41) is 8.93. The van der Waals surface area contributed by atoms with Crippen molar-refractivity contribution in [3.63, 3.8) is 0 Å². The molecule has 17 heavy (non-hydrogen) atoms. The first-order chi connectivity index (χ1) is 7.95. The molecule has 1 aromatic heterocycles. The van der Waals surface area contributed by atoms with Gasteiger partial charge in [0.25, 0.3) is 0 Å². The van der Waals surface area contributed by atoms with Gasteiger partial charge in [0.05, 0.1) is 24.3 Å². The van der Waals surface area contributed by atoms with E-state index >= 15 is 0 Å². The standard InChI is InChI=1S/C9H13N3O4S/c1-2-17(15,16)12-4-3-11-6-10-8(9(13)14)7(11)5-12/h6H,2-5H2,1H3,(H,13,14). The molecule has 2 heterocycles. The van der Waals surface area contributed by atoms with Crippen molar-refractivity contribution < 1.29 is 18.3 Å². The lowest BCUT2D eigenvalue weighted by molar-refractivity contribution is 0.0688. The normalized spacial score (nSPS) is 16.8. The fraction of sp³-hybridized carbons (Fsp3) is 0.556. The Morgan fingerprint density at radius 1 is 1.53 bits per heavy atom. The molecule has 0 unspecified atom stereocenters. The molecule has 0 radical (unpaired) electrons. The van der Waals surface area contributed by atoms with Crippen LogP contribution in [0.5, 0.6) is 0 Å². The van der Waals surface area contributed by atoms with E-state index in [1.165, 1.54) is 10.6 Å². The molecule has 7 nitrogen and oxygen atoms in total. The summed E-state index contributed by atoms with van der Waals surface area (Å²) in [5.41, 5.74) is 0.377. The van der Waals surface area contributed by atoms with Crippen molar-refractivity contribution in [1.82, 2.24) is 13.9 Å². The maximum Gasteiger partial charge on any atom is 0.356 e. The first kappa shape index (κ1) is 12.1. The second-order valence-electron chi connectivity index (χ2n) is 3.77. The number of hydrogen-bond acceptors (Lipinski definition) is 4. The van der Waals surface area contributed by atoms with Gasteiger partial charge in [0.1, 0.15) is 0 Å². The average molecular weight is 259 g/mol. The van der Waals surface area contributed by atoms with E-state index in [1.807, 2.05) is 0 Å². The van der Waals surface area contributed by atoms with Crippen LogP contribution in [0.2, 0.25) is 0 Å². The minimum absolute atomic E-state index is 0.0174. The summed E-state index contributed by atoms with van der Waals surface area (Å²) in [6.07, 6.45) is 1.44. The summed E-state index contributed by atoms with van der Waals surface area (Å²) >= 11 is 0. The van der Waals surface area contributed by atoms with Crippen molar-refractivity contribution in [2.24, 2.45) is 0 Å². The van der Waals surface area contributed by atoms with Gasteiger partial charge < -0.3 is 9.67 Å². The zero-order valence-corrected chi connectivity index (χ0v) is 10.1. The Kier molecular flexibility index (Phi) is 2.92. The predicted molar refractivity (Wildman–Crippen MR) is 59.1 cm³/mol. The van der Waals surface area contributed by atoms with Crippen molar-refractivity contribution in [2.75, 3.05) is 12.3 Å². The molecule has 8 heteroatoms. The molecular weight excluding hydrogens is 246 g/mol. The van der Waals surface area contributed by atoms with Crippen LogP contribution in [0.1, 0.15) is 23.1 Å². The maximum atomic E-state index is 11.7. The Hall–Kier alpha value is -1.41. The predicted octanol–water partition coefficient (Wildman–Crippen LogP) is -0.253. The zero-order valence-electron chi connectivity index (χ0n) is 9.33. The number of hydrogen-bond donors (Lipinski definition) is 1. The van der Waals surface area contributed by atoms with E-state index in [0.29, 0.717) is 18.8 Å². The molecule has 0 fully saturated rings. The molecule has 0 bridgehead atoms. The number of carboxylic acids is 1. The molecule has 2 rings (SSSR count). The summed E-state index contributed by atoms with van der Waals surface area (Å²) in [4.78, 5) is 14.7. The smallest absolute Gasteiger partial charge is 0.356 e. The number of carboxylic acid groups (broad SMARTS) is 1. The summed E-state index contributed by atoms with van der Waals surface area (Å²) in [6, 6.07) is 0. The topological polar surface area (TPSA) is 92.5 Å². The Morgan fingerprint density at radius 2 is 2.24 bits per heavy atom. The van der Waals surface area contributed by atoms with E-state index in [2.05, 4.69) is 4.98 Å². The molecule has 1 N–H and O–H groups in total. The number of nitrogens with zero attached hydrogens (tertiary/aromatic N) is 3. The van der Waals surface area contributed by atoms with Gasteiger partial charge in [0, 0.05) is 13.1 Å². The highest BCUT2D eigenvalue weighted by molar-refractivity contribution is 7.89. The fourth-order valence-electron chi connectivity index (χ4n) is 1.83. The van der Waals surface area contributed by atoms with Gasteiger partial charge in [-0.25, -0.2) is 18.2 Å². The zero-order chi connectivity index (χ0) is 12.6. The number of fused-ring (bicyclic) bond motifs is 1. The summed E-state index contributed by atoms with van der Waals surface area (Å²) in [6.45, 7) is 2.45. The van der Waals surface area contributed by atoms with Crippen LogP contribution in [-0.2, 0) is 23.1 Å². The molecule has 0 saturated heterocycles. The molecule has 0 aliphatic carbocycles. The van der Waals surface area contributed by atoms with Gasteiger partial charge in [0.15, 0.2) is 5.69 Å². The van der Waals surface area contributed by atoms with Gasteiger partial charge in [-0.3, -0.25) is 0 Å². The number of rotatable bonds is 3. The fourth-order valence-corrected chi connectivity index (χ4v) is 2.87. The van der Waals surface area contributed by atoms with E-state index in [-0.39, 0.29) is 18.0 Å². The first-order valence-electron chi connectivity index (χ1n) is 5.21. The van der Waals surface area contributed by atoms with Crippen LogP contribution in [0.15, 0.2) is 6.33 Å². The van der Waals surface area contributed by atoms with Crippen molar-refractivity contribution in [3.05, 3.63) is 17.7 Å². The van der Waals surface area contributed by atoms with Crippen LogP contribution in [0.4, 0.5) is 0 Å². The third-order valence-corrected chi connectivity index (χ3v) is 4.65. The second kappa shape index (κ2) is 4.11. The Morgan fingerprint density at radius 3 is 2.82 bits per heavy atom. The van der Waals surface area contributed by atoms with E-state index in [0.717, 1.165) is 0 Å². The minimum Gasteiger partial charge on any atom is -0.476 e. The molecular formula is C9H13N3O4S. The molecule has 1 aliphatic rings. The third-order valence-electron chi connectivity index (χ3n) is 2.82. The van der Waals surface area contributed by atoms with Crippen molar-refractivity contribution >= 4 is 16.0 Å². The lowest BCUT2D eigenvalue weighted by Crippen LogP contribution is -2.39. The second-order valence-corrected chi connectivity index (χ2v) is 6.03. The van der Waals surface area contributed by atoms with Crippen LogP contribution in [0.3, 0.4) is 0 Å². The number of sulfonamides is 1. The monoisotopic (exact) mass is 259 g/mol. The molecule has 94 valence electrons. The molecule has 1 aromatic rings. The largest absolute Gasteiger partial charge is 0.476 e. The van der Waals surface area contributed by atoms with E-state index in [9.17, 15) is 13.2 Å². The van der Waals surface area contributed by atoms with Crippen LogP contribution in [0, 0.1) is 0 Å². The SMILES string of the molecule is CCS(=O)(=O)N1CCn2cnc(C(=O)O)c2C1. The van der Waals surface area contributed by atoms with E-state index < -0.39 is 16.0 Å². The van der Waals surface area contributed by atoms with Crippen LogP contribution in [-0.4, -0.2) is 45.6 Å². The van der Waals surface area contributed by atoms with Gasteiger partial charge in [0.2, 0.25) is 10.0 Å². The Balaban J connectivity index is 2.35. The van der Waals surface area contributed by atoms with Crippen molar-refractivity contribution in [2.45, 2.75) is 20.0 Å². The van der Waals surface area contributed by atoms with Crippen LogP contribution in [0.25, 0.3) is 0 Å². The lowest BCUT2D eigenvalue weighted by Gasteiger charge is -2.27. The molecule has 0 spiro atoms.